The Labute approximate surface area is 99.9 Å². The summed E-state index contributed by atoms with van der Waals surface area (Å²) in [5, 5.41) is 6.09. The summed E-state index contributed by atoms with van der Waals surface area (Å²) in [5.41, 5.74) is 5.35. The van der Waals surface area contributed by atoms with Crippen LogP contribution in [0, 0.1) is 0 Å². The van der Waals surface area contributed by atoms with Gasteiger partial charge < -0.3 is 5.73 Å². The van der Waals surface area contributed by atoms with E-state index in [9.17, 15) is 8.42 Å². The third-order valence-corrected chi connectivity index (χ3v) is 4.21. The number of rotatable bonds is 6. The van der Waals surface area contributed by atoms with Crippen molar-refractivity contribution >= 4 is 27.2 Å². The molecule has 3 N–H and O–H groups in total. The van der Waals surface area contributed by atoms with Crippen LogP contribution >= 0.6 is 12.2 Å². The number of nitrogens with two attached hydrogens (primary N) is 1. The van der Waals surface area contributed by atoms with Gasteiger partial charge in [-0.2, -0.15) is 9.40 Å². The predicted octanol–water partition coefficient (Wildman–Crippen LogP) is 0.0965. The molecule has 0 aliphatic carbocycles. The fourth-order valence-corrected chi connectivity index (χ4v) is 2.66. The molecule has 0 saturated carbocycles. The van der Waals surface area contributed by atoms with Crippen molar-refractivity contribution < 1.29 is 8.42 Å². The first kappa shape index (κ1) is 13.1. The van der Waals surface area contributed by atoms with Gasteiger partial charge in [0.05, 0.1) is 11.2 Å². The van der Waals surface area contributed by atoms with E-state index in [1.807, 2.05) is 0 Å². The molecule has 1 heterocycles. The Morgan fingerprint density at radius 3 is 2.81 bits per heavy atom. The second-order valence-corrected chi connectivity index (χ2v) is 5.61. The van der Waals surface area contributed by atoms with Crippen molar-refractivity contribution in [2.75, 3.05) is 13.1 Å². The summed E-state index contributed by atoms with van der Waals surface area (Å²) in [5.74, 6) is 0. The summed E-state index contributed by atoms with van der Waals surface area (Å²) in [7, 11) is -3.48. The Balaban J connectivity index is 2.84. The van der Waals surface area contributed by atoms with Crippen molar-refractivity contribution in [2.24, 2.45) is 5.73 Å². The molecule has 0 aliphatic rings. The summed E-state index contributed by atoms with van der Waals surface area (Å²) in [6.45, 7) is 2.42. The van der Waals surface area contributed by atoms with Crippen LogP contribution < -0.4 is 5.73 Å². The van der Waals surface area contributed by atoms with E-state index in [1.54, 1.807) is 6.92 Å². The largest absolute Gasteiger partial charge is 0.393 e. The number of H-pyrrole nitrogens is 1. The van der Waals surface area contributed by atoms with Gasteiger partial charge in [-0.05, 0) is 0 Å². The second kappa shape index (κ2) is 5.37. The van der Waals surface area contributed by atoms with Crippen LogP contribution in [0.25, 0.3) is 0 Å². The number of aromatic amines is 1. The van der Waals surface area contributed by atoms with Crippen molar-refractivity contribution in [3.63, 3.8) is 0 Å². The standard InChI is InChI=1S/C8H14N4O2S2/c1-2-12(4-3-8(9)15)16(13,14)7-5-10-11-6-7/h5-6H,2-4H2,1H3,(H2,9,15)(H,10,11). The molecule has 0 saturated heterocycles. The number of nitrogens with zero attached hydrogens (tertiary/aromatic N) is 2. The molecular weight excluding hydrogens is 248 g/mol. The minimum atomic E-state index is -3.48. The Bertz CT molecular complexity index is 441. The van der Waals surface area contributed by atoms with Gasteiger partial charge in [-0.25, -0.2) is 8.42 Å². The van der Waals surface area contributed by atoms with E-state index in [0.717, 1.165) is 0 Å². The number of hydrogen-bond acceptors (Lipinski definition) is 4. The van der Waals surface area contributed by atoms with E-state index in [4.69, 9.17) is 18.0 Å². The van der Waals surface area contributed by atoms with E-state index < -0.39 is 10.0 Å². The number of nitrogens with one attached hydrogen (secondary N) is 1. The first-order valence-corrected chi connectivity index (χ1v) is 6.60. The van der Waals surface area contributed by atoms with Crippen LogP contribution in [0.15, 0.2) is 17.3 Å². The highest BCUT2D eigenvalue weighted by molar-refractivity contribution is 7.89. The van der Waals surface area contributed by atoms with Crippen LogP contribution in [0.3, 0.4) is 0 Å². The Hall–Kier alpha value is -0.990. The quantitative estimate of drug-likeness (QED) is 0.709. The van der Waals surface area contributed by atoms with Gasteiger partial charge in [-0.15, -0.1) is 0 Å². The maximum absolute atomic E-state index is 12.0. The molecule has 0 amide bonds. The number of hydrogen-bond donors (Lipinski definition) is 2. The van der Waals surface area contributed by atoms with Crippen molar-refractivity contribution in [3.8, 4) is 0 Å². The minimum Gasteiger partial charge on any atom is -0.393 e. The number of thiocarbonyl (C=S) groups is 1. The van der Waals surface area contributed by atoms with E-state index in [-0.39, 0.29) is 4.90 Å². The zero-order valence-corrected chi connectivity index (χ0v) is 10.5. The van der Waals surface area contributed by atoms with Gasteiger partial charge in [0.1, 0.15) is 4.90 Å². The molecular formula is C8H14N4O2S2. The summed E-state index contributed by atoms with van der Waals surface area (Å²) >= 11 is 4.72. The molecule has 0 fully saturated rings. The van der Waals surface area contributed by atoms with Gasteiger partial charge in [0, 0.05) is 25.7 Å². The van der Waals surface area contributed by atoms with Gasteiger partial charge in [0.2, 0.25) is 10.0 Å². The molecule has 1 rings (SSSR count). The van der Waals surface area contributed by atoms with Crippen LogP contribution in [0.1, 0.15) is 13.3 Å². The van der Waals surface area contributed by atoms with E-state index in [0.29, 0.717) is 24.5 Å². The summed E-state index contributed by atoms with van der Waals surface area (Å²) in [4.78, 5) is 0.457. The summed E-state index contributed by atoms with van der Waals surface area (Å²) in [6, 6.07) is 0. The molecule has 0 aliphatic heterocycles. The minimum absolute atomic E-state index is 0.150. The first-order valence-electron chi connectivity index (χ1n) is 4.75. The van der Waals surface area contributed by atoms with E-state index in [1.165, 1.54) is 16.7 Å². The van der Waals surface area contributed by atoms with Gasteiger partial charge in [-0.1, -0.05) is 19.1 Å². The molecule has 90 valence electrons. The lowest BCUT2D eigenvalue weighted by Gasteiger charge is -2.18. The van der Waals surface area contributed by atoms with Crippen LogP contribution in [0.2, 0.25) is 0 Å². The molecule has 0 unspecified atom stereocenters. The molecule has 0 bridgehead atoms. The molecule has 1 aromatic rings. The molecule has 1 aromatic heterocycles. The van der Waals surface area contributed by atoms with Crippen LogP contribution in [0.5, 0.6) is 0 Å². The second-order valence-electron chi connectivity index (χ2n) is 3.15. The lowest BCUT2D eigenvalue weighted by Crippen LogP contribution is -2.33. The number of sulfonamides is 1. The Morgan fingerprint density at radius 2 is 2.38 bits per heavy atom. The van der Waals surface area contributed by atoms with Crippen molar-refractivity contribution in [1.82, 2.24) is 14.5 Å². The van der Waals surface area contributed by atoms with Crippen molar-refractivity contribution in [3.05, 3.63) is 12.4 Å². The zero-order valence-electron chi connectivity index (χ0n) is 8.88. The van der Waals surface area contributed by atoms with Crippen LogP contribution in [-0.4, -0.2) is 41.0 Å². The maximum atomic E-state index is 12.0. The average molecular weight is 262 g/mol. The third-order valence-electron chi connectivity index (χ3n) is 2.07. The van der Waals surface area contributed by atoms with Crippen LogP contribution in [0.4, 0.5) is 0 Å². The van der Waals surface area contributed by atoms with Gasteiger partial charge in [-0.3, -0.25) is 5.10 Å². The maximum Gasteiger partial charge on any atom is 0.246 e. The Morgan fingerprint density at radius 1 is 1.69 bits per heavy atom. The normalized spacial score (nSPS) is 11.9. The molecule has 16 heavy (non-hydrogen) atoms. The molecule has 0 spiro atoms. The highest BCUT2D eigenvalue weighted by Gasteiger charge is 2.23. The summed E-state index contributed by atoms with van der Waals surface area (Å²) in [6.07, 6.45) is 3.00. The highest BCUT2D eigenvalue weighted by atomic mass is 32.2. The predicted molar refractivity (Wildman–Crippen MR) is 64.4 cm³/mol. The monoisotopic (exact) mass is 262 g/mol. The average Bonchev–Trinajstić information content (AvgIpc) is 2.70. The number of aromatic nitrogens is 2. The SMILES string of the molecule is CCN(CCC(N)=S)S(=O)(=O)c1cn[nH]c1. The zero-order chi connectivity index (χ0) is 12.2. The lowest BCUT2D eigenvalue weighted by atomic mass is 10.4. The summed E-state index contributed by atoms with van der Waals surface area (Å²) < 4.78 is 25.4. The Kier molecular flexibility index (Phi) is 4.39. The van der Waals surface area contributed by atoms with Gasteiger partial charge in [0.25, 0.3) is 0 Å². The van der Waals surface area contributed by atoms with Gasteiger partial charge >= 0.3 is 0 Å². The van der Waals surface area contributed by atoms with Crippen molar-refractivity contribution in [1.29, 1.82) is 0 Å². The molecule has 6 nitrogen and oxygen atoms in total. The lowest BCUT2D eigenvalue weighted by molar-refractivity contribution is 0.437. The molecule has 0 atom stereocenters. The van der Waals surface area contributed by atoms with E-state index >= 15 is 0 Å². The molecule has 0 radical (unpaired) electrons. The highest BCUT2D eigenvalue weighted by Crippen LogP contribution is 2.13. The third kappa shape index (κ3) is 3.00. The van der Waals surface area contributed by atoms with Gasteiger partial charge in [0.15, 0.2) is 0 Å². The molecule has 0 aromatic carbocycles. The van der Waals surface area contributed by atoms with E-state index in [2.05, 4.69) is 10.2 Å². The topological polar surface area (TPSA) is 92.1 Å². The smallest absolute Gasteiger partial charge is 0.246 e. The van der Waals surface area contributed by atoms with Crippen LogP contribution in [-0.2, 0) is 10.0 Å². The first-order chi connectivity index (χ1) is 7.48. The fraction of sp³-hybridized carbons (Fsp3) is 0.500. The molecule has 8 heteroatoms. The fourth-order valence-electron chi connectivity index (χ4n) is 1.21. The van der Waals surface area contributed by atoms with Crippen molar-refractivity contribution in [2.45, 2.75) is 18.2 Å².